The first-order valence-corrected chi connectivity index (χ1v) is 7.23. The first-order valence-electron chi connectivity index (χ1n) is 6.85. The van der Waals surface area contributed by atoms with Crippen LogP contribution >= 0.6 is 11.6 Å². The van der Waals surface area contributed by atoms with Gasteiger partial charge in [-0.15, -0.1) is 0 Å². The van der Waals surface area contributed by atoms with E-state index in [4.69, 9.17) is 17.3 Å². The zero-order valence-electron chi connectivity index (χ0n) is 11.5. The summed E-state index contributed by atoms with van der Waals surface area (Å²) in [5, 5.41) is 5.23. The molecule has 21 heavy (non-hydrogen) atoms. The van der Waals surface area contributed by atoms with Gasteiger partial charge in [-0.05, 0) is 30.2 Å². The second-order valence-electron chi connectivity index (χ2n) is 4.91. The van der Waals surface area contributed by atoms with Gasteiger partial charge in [-0.2, -0.15) is 0 Å². The first-order chi connectivity index (χ1) is 10.2. The maximum Gasteiger partial charge on any atom is 0.0743 e. The fourth-order valence-corrected chi connectivity index (χ4v) is 2.46. The minimum atomic E-state index is 0.671. The van der Waals surface area contributed by atoms with Gasteiger partial charge in [0.25, 0.3) is 0 Å². The summed E-state index contributed by atoms with van der Waals surface area (Å²) in [6.07, 6.45) is 2.61. The zero-order valence-corrected chi connectivity index (χ0v) is 12.3. The molecule has 0 atom stereocenters. The summed E-state index contributed by atoms with van der Waals surface area (Å²) >= 11 is 5.89. The Labute approximate surface area is 128 Å². The van der Waals surface area contributed by atoms with Gasteiger partial charge in [0.05, 0.1) is 23.1 Å². The third-order valence-corrected chi connectivity index (χ3v) is 3.69. The fourth-order valence-electron chi connectivity index (χ4n) is 2.34. The Bertz CT molecular complexity index is 754. The smallest absolute Gasteiger partial charge is 0.0743 e. The molecule has 0 amide bonds. The second-order valence-corrected chi connectivity index (χ2v) is 5.35. The molecule has 1 aromatic heterocycles. The van der Waals surface area contributed by atoms with Gasteiger partial charge in [0.15, 0.2) is 0 Å². The highest BCUT2D eigenvalue weighted by atomic mass is 35.5. The van der Waals surface area contributed by atoms with Crippen LogP contribution in [0.3, 0.4) is 0 Å². The summed E-state index contributed by atoms with van der Waals surface area (Å²) in [7, 11) is 0. The average Bonchev–Trinajstić information content (AvgIpc) is 2.51. The number of fused-ring (bicyclic) bond motifs is 1. The molecule has 106 valence electrons. The molecule has 3 nitrogen and oxygen atoms in total. The number of pyridine rings is 1. The van der Waals surface area contributed by atoms with Crippen LogP contribution in [-0.2, 0) is 6.42 Å². The number of aromatic nitrogens is 1. The van der Waals surface area contributed by atoms with E-state index in [1.54, 1.807) is 6.20 Å². The largest absolute Gasteiger partial charge is 0.396 e. The number of nitrogen functional groups attached to an aromatic ring is 1. The van der Waals surface area contributed by atoms with E-state index >= 15 is 0 Å². The van der Waals surface area contributed by atoms with Crippen molar-refractivity contribution in [1.29, 1.82) is 0 Å². The monoisotopic (exact) mass is 297 g/mol. The Morgan fingerprint density at radius 2 is 1.81 bits per heavy atom. The van der Waals surface area contributed by atoms with Crippen molar-refractivity contribution in [2.45, 2.75) is 6.42 Å². The molecular formula is C17H16ClN3. The van der Waals surface area contributed by atoms with Crippen molar-refractivity contribution in [1.82, 2.24) is 4.98 Å². The Morgan fingerprint density at radius 1 is 1.05 bits per heavy atom. The molecule has 1 heterocycles. The van der Waals surface area contributed by atoms with Crippen molar-refractivity contribution in [3.63, 3.8) is 0 Å². The van der Waals surface area contributed by atoms with Crippen LogP contribution in [0, 0.1) is 0 Å². The Kier molecular flexibility index (Phi) is 3.93. The van der Waals surface area contributed by atoms with Crippen molar-refractivity contribution in [3.8, 4) is 0 Å². The van der Waals surface area contributed by atoms with Crippen LogP contribution in [0.2, 0.25) is 5.02 Å². The lowest BCUT2D eigenvalue weighted by Crippen LogP contribution is -2.07. The van der Waals surface area contributed by atoms with Crippen molar-refractivity contribution >= 4 is 33.9 Å². The van der Waals surface area contributed by atoms with Crippen LogP contribution in [0.4, 0.5) is 11.4 Å². The molecule has 0 aliphatic heterocycles. The minimum Gasteiger partial charge on any atom is -0.396 e. The maximum absolute atomic E-state index is 6.04. The SMILES string of the molecule is Nc1cnc2ccccc2c1NCCc1ccc(Cl)cc1. The van der Waals surface area contributed by atoms with Crippen LogP contribution in [0.25, 0.3) is 10.9 Å². The number of nitrogens with zero attached hydrogens (tertiary/aromatic N) is 1. The first kappa shape index (κ1) is 13.7. The van der Waals surface area contributed by atoms with Gasteiger partial charge >= 0.3 is 0 Å². The summed E-state index contributed by atoms with van der Waals surface area (Å²) < 4.78 is 0. The van der Waals surface area contributed by atoms with Crippen LogP contribution in [0.5, 0.6) is 0 Å². The van der Waals surface area contributed by atoms with E-state index in [1.165, 1.54) is 5.56 Å². The Hall–Kier alpha value is -2.26. The summed E-state index contributed by atoms with van der Waals surface area (Å²) in [5.74, 6) is 0. The molecular weight excluding hydrogens is 282 g/mol. The van der Waals surface area contributed by atoms with Gasteiger partial charge in [-0.1, -0.05) is 41.9 Å². The van der Waals surface area contributed by atoms with Gasteiger partial charge in [-0.3, -0.25) is 4.98 Å². The van der Waals surface area contributed by atoms with Gasteiger partial charge in [0.1, 0.15) is 0 Å². The van der Waals surface area contributed by atoms with Crippen LogP contribution in [-0.4, -0.2) is 11.5 Å². The maximum atomic E-state index is 6.04. The predicted molar refractivity (Wildman–Crippen MR) is 89.8 cm³/mol. The number of hydrogen-bond donors (Lipinski definition) is 2. The number of para-hydroxylation sites is 1. The Balaban J connectivity index is 1.76. The van der Waals surface area contributed by atoms with Crippen molar-refractivity contribution < 1.29 is 0 Å². The molecule has 0 aliphatic rings. The quantitative estimate of drug-likeness (QED) is 0.761. The normalized spacial score (nSPS) is 10.7. The van der Waals surface area contributed by atoms with Gasteiger partial charge in [0.2, 0.25) is 0 Å². The molecule has 0 saturated heterocycles. The fraction of sp³-hybridized carbons (Fsp3) is 0.118. The number of hydrogen-bond acceptors (Lipinski definition) is 3. The summed E-state index contributed by atoms with van der Waals surface area (Å²) in [6, 6.07) is 15.9. The van der Waals surface area contributed by atoms with Gasteiger partial charge in [0, 0.05) is 17.0 Å². The van der Waals surface area contributed by atoms with Gasteiger partial charge in [-0.25, -0.2) is 0 Å². The van der Waals surface area contributed by atoms with E-state index in [2.05, 4.69) is 10.3 Å². The topological polar surface area (TPSA) is 50.9 Å². The molecule has 0 saturated carbocycles. The average molecular weight is 298 g/mol. The van der Waals surface area contributed by atoms with E-state index in [0.717, 1.165) is 34.6 Å². The Morgan fingerprint density at radius 3 is 2.62 bits per heavy atom. The minimum absolute atomic E-state index is 0.671. The lowest BCUT2D eigenvalue weighted by molar-refractivity contribution is 1.02. The highest BCUT2D eigenvalue weighted by molar-refractivity contribution is 6.30. The third-order valence-electron chi connectivity index (χ3n) is 3.43. The van der Waals surface area contributed by atoms with Gasteiger partial charge < -0.3 is 11.1 Å². The molecule has 3 rings (SSSR count). The van der Waals surface area contributed by atoms with E-state index in [0.29, 0.717) is 5.69 Å². The number of rotatable bonds is 4. The molecule has 0 spiro atoms. The van der Waals surface area contributed by atoms with E-state index in [9.17, 15) is 0 Å². The second kappa shape index (κ2) is 6.02. The molecule has 0 aliphatic carbocycles. The zero-order chi connectivity index (χ0) is 14.7. The van der Waals surface area contributed by atoms with E-state index in [-0.39, 0.29) is 0 Å². The lowest BCUT2D eigenvalue weighted by Gasteiger charge is -2.12. The molecule has 3 N–H and O–H groups in total. The lowest BCUT2D eigenvalue weighted by atomic mass is 10.1. The molecule has 0 radical (unpaired) electrons. The molecule has 0 fully saturated rings. The standard InChI is InChI=1S/C17H16ClN3/c18-13-7-5-12(6-8-13)9-10-20-17-14-3-1-2-4-16(14)21-11-15(17)19/h1-8,11H,9-10,19H2,(H,20,21). The summed E-state index contributed by atoms with van der Waals surface area (Å²) in [6.45, 7) is 0.805. The highest BCUT2D eigenvalue weighted by Gasteiger charge is 2.05. The van der Waals surface area contributed by atoms with Crippen molar-refractivity contribution in [2.75, 3.05) is 17.6 Å². The third kappa shape index (κ3) is 3.09. The van der Waals surface area contributed by atoms with Crippen LogP contribution < -0.4 is 11.1 Å². The van der Waals surface area contributed by atoms with Crippen LogP contribution in [0.15, 0.2) is 54.7 Å². The number of anilines is 2. The van der Waals surface area contributed by atoms with Crippen molar-refractivity contribution in [2.24, 2.45) is 0 Å². The number of nitrogens with two attached hydrogens (primary N) is 1. The number of halogens is 1. The molecule has 4 heteroatoms. The number of benzene rings is 2. The highest BCUT2D eigenvalue weighted by Crippen LogP contribution is 2.27. The number of nitrogens with one attached hydrogen (secondary N) is 1. The summed E-state index contributed by atoms with van der Waals surface area (Å²) in [5.41, 5.74) is 9.85. The van der Waals surface area contributed by atoms with E-state index < -0.39 is 0 Å². The predicted octanol–water partition coefficient (Wildman–Crippen LogP) is 4.13. The van der Waals surface area contributed by atoms with E-state index in [1.807, 2.05) is 48.5 Å². The molecule has 2 aromatic carbocycles. The van der Waals surface area contributed by atoms with Crippen molar-refractivity contribution in [3.05, 3.63) is 65.3 Å². The molecule has 0 unspecified atom stereocenters. The molecule has 3 aromatic rings. The summed E-state index contributed by atoms with van der Waals surface area (Å²) in [4.78, 5) is 4.34. The molecule has 0 bridgehead atoms. The van der Waals surface area contributed by atoms with Crippen LogP contribution in [0.1, 0.15) is 5.56 Å².